The predicted molar refractivity (Wildman–Crippen MR) is 144 cm³/mol. The van der Waals surface area contributed by atoms with Crippen LogP contribution in [-0.2, 0) is 11.8 Å². The quantitative estimate of drug-likeness (QED) is 0.362. The van der Waals surface area contributed by atoms with Gasteiger partial charge in [0, 0.05) is 54.7 Å². The Kier molecular flexibility index (Phi) is 5.97. The van der Waals surface area contributed by atoms with Crippen molar-refractivity contribution in [1.82, 2.24) is 34.5 Å². The first kappa shape index (κ1) is 23.4. The lowest BCUT2D eigenvalue weighted by Crippen LogP contribution is -2.46. The molecule has 1 aliphatic rings. The summed E-state index contributed by atoms with van der Waals surface area (Å²) in [5, 5.41) is 13.6. The minimum absolute atomic E-state index is 0.148. The number of hydrogen-bond donors (Lipinski definition) is 1. The van der Waals surface area contributed by atoms with Gasteiger partial charge in [0.05, 0.1) is 34.6 Å². The number of nitrogens with one attached hydrogen (secondary N) is 1. The molecule has 3 aromatic heterocycles. The van der Waals surface area contributed by atoms with Crippen molar-refractivity contribution in [3.63, 3.8) is 0 Å². The number of rotatable bonds is 5. The molecule has 1 fully saturated rings. The zero-order valence-corrected chi connectivity index (χ0v) is 21.5. The van der Waals surface area contributed by atoms with E-state index in [0.717, 1.165) is 41.0 Å². The molecule has 37 heavy (non-hydrogen) atoms. The maximum Gasteiger partial charge on any atom is 0.245 e. The second-order valence-corrected chi connectivity index (χ2v) is 9.66. The number of fused-ring (bicyclic) bond motifs is 1. The molecule has 5 aromatic rings. The Labute approximate surface area is 218 Å². The van der Waals surface area contributed by atoms with Crippen LogP contribution in [0.3, 0.4) is 0 Å². The van der Waals surface area contributed by atoms with Crippen LogP contribution in [0.5, 0.6) is 0 Å². The van der Waals surface area contributed by atoms with Gasteiger partial charge in [-0.15, -0.1) is 5.10 Å². The van der Waals surface area contributed by atoms with Gasteiger partial charge in [0.25, 0.3) is 0 Å². The Morgan fingerprint density at radius 2 is 1.78 bits per heavy atom. The van der Waals surface area contributed by atoms with E-state index in [-0.39, 0.29) is 12.2 Å². The Morgan fingerprint density at radius 3 is 2.51 bits per heavy atom. The first-order valence-electron chi connectivity index (χ1n) is 12.1. The molecule has 2 unspecified atom stereocenters. The van der Waals surface area contributed by atoms with Crippen molar-refractivity contribution in [3.05, 3.63) is 66.3 Å². The molecule has 0 saturated carbocycles. The first-order valence-corrected chi connectivity index (χ1v) is 12.4. The van der Waals surface area contributed by atoms with Gasteiger partial charge >= 0.3 is 0 Å². The number of morpholine rings is 1. The van der Waals surface area contributed by atoms with Crippen LogP contribution < -0.4 is 10.2 Å². The molecule has 188 valence electrons. The third-order valence-electron chi connectivity index (χ3n) is 6.28. The summed E-state index contributed by atoms with van der Waals surface area (Å²) in [5.74, 6) is 1.17. The van der Waals surface area contributed by atoms with E-state index in [1.807, 2.05) is 49.6 Å². The number of ether oxygens (including phenoxy) is 1. The summed E-state index contributed by atoms with van der Waals surface area (Å²) in [5.41, 5.74) is 4.25. The second-order valence-electron chi connectivity index (χ2n) is 9.28. The highest BCUT2D eigenvalue weighted by Gasteiger charge is 2.24. The molecule has 11 heteroatoms. The van der Waals surface area contributed by atoms with Gasteiger partial charge in [-0.2, -0.15) is 10.1 Å². The summed E-state index contributed by atoms with van der Waals surface area (Å²) in [7, 11) is 1.88. The molecule has 2 aromatic carbocycles. The number of aromatic nitrogens is 7. The maximum absolute atomic E-state index is 6.74. The standard InChI is InChI=1S/C26H26ClN9O/c1-16-12-35(13-17(2)37-16)26-29-15-36(33-26)21-7-5-20(6-8-21)31-25-28-10-18-4-9-22(23(27)24(18)32-25)19-11-30-34(3)14-19/h4-11,14-17H,12-13H2,1-3H3,(H,28,31,32). The van der Waals surface area contributed by atoms with Gasteiger partial charge in [0.15, 0.2) is 0 Å². The van der Waals surface area contributed by atoms with Gasteiger partial charge in [0.2, 0.25) is 11.9 Å². The third-order valence-corrected chi connectivity index (χ3v) is 6.66. The Balaban J connectivity index is 1.20. The van der Waals surface area contributed by atoms with E-state index in [0.29, 0.717) is 22.4 Å². The molecular weight excluding hydrogens is 490 g/mol. The number of benzene rings is 2. The maximum atomic E-state index is 6.74. The molecule has 4 heterocycles. The highest BCUT2D eigenvalue weighted by Crippen LogP contribution is 2.33. The van der Waals surface area contributed by atoms with Crippen LogP contribution in [0.15, 0.2) is 61.3 Å². The summed E-state index contributed by atoms with van der Waals surface area (Å²) in [4.78, 5) is 15.8. The number of nitrogens with zero attached hydrogens (tertiary/aromatic N) is 8. The van der Waals surface area contributed by atoms with Crippen molar-refractivity contribution >= 4 is 40.1 Å². The van der Waals surface area contributed by atoms with Crippen molar-refractivity contribution in [1.29, 1.82) is 0 Å². The van der Waals surface area contributed by atoms with Crippen LogP contribution in [-0.4, -0.2) is 59.8 Å². The van der Waals surface area contributed by atoms with E-state index in [2.05, 4.69) is 49.2 Å². The van der Waals surface area contributed by atoms with Crippen LogP contribution in [0.2, 0.25) is 5.02 Å². The van der Waals surface area contributed by atoms with E-state index < -0.39 is 0 Å². The van der Waals surface area contributed by atoms with Gasteiger partial charge < -0.3 is 15.0 Å². The van der Waals surface area contributed by atoms with Crippen LogP contribution in [0.1, 0.15) is 13.8 Å². The SMILES string of the molecule is CC1CN(c2ncn(-c3ccc(Nc4ncc5ccc(-c6cnn(C)c6)c(Cl)c5n4)cc3)n2)CC(C)O1. The second kappa shape index (κ2) is 9.45. The van der Waals surface area contributed by atoms with Crippen molar-refractivity contribution in [3.8, 4) is 16.8 Å². The van der Waals surface area contributed by atoms with E-state index in [9.17, 15) is 0 Å². The van der Waals surface area contributed by atoms with Gasteiger partial charge in [-0.05, 0) is 38.1 Å². The molecule has 0 radical (unpaired) electrons. The fourth-order valence-corrected chi connectivity index (χ4v) is 4.92. The number of halogens is 1. The minimum Gasteiger partial charge on any atom is -0.372 e. The lowest BCUT2D eigenvalue weighted by molar-refractivity contribution is -0.00571. The molecule has 10 nitrogen and oxygen atoms in total. The van der Waals surface area contributed by atoms with E-state index >= 15 is 0 Å². The molecule has 2 atom stereocenters. The van der Waals surface area contributed by atoms with Crippen LogP contribution >= 0.6 is 11.6 Å². The molecule has 0 amide bonds. The van der Waals surface area contributed by atoms with Crippen molar-refractivity contribution in [2.45, 2.75) is 26.1 Å². The van der Waals surface area contributed by atoms with Crippen molar-refractivity contribution in [2.24, 2.45) is 7.05 Å². The first-order chi connectivity index (χ1) is 17.9. The molecule has 0 aliphatic carbocycles. The van der Waals surface area contributed by atoms with E-state index in [1.165, 1.54) is 0 Å². The predicted octanol–water partition coefficient (Wildman–Crippen LogP) is 4.62. The lowest BCUT2D eigenvalue weighted by Gasteiger charge is -2.34. The Morgan fingerprint density at radius 1 is 1.00 bits per heavy atom. The zero-order chi connectivity index (χ0) is 25.5. The van der Waals surface area contributed by atoms with Crippen LogP contribution in [0.4, 0.5) is 17.6 Å². The van der Waals surface area contributed by atoms with E-state index in [1.54, 1.807) is 28.1 Å². The molecule has 1 saturated heterocycles. The van der Waals surface area contributed by atoms with E-state index in [4.69, 9.17) is 16.3 Å². The smallest absolute Gasteiger partial charge is 0.245 e. The summed E-state index contributed by atoms with van der Waals surface area (Å²) in [6.45, 7) is 5.68. The summed E-state index contributed by atoms with van der Waals surface area (Å²) >= 11 is 6.74. The van der Waals surface area contributed by atoms with Gasteiger partial charge in [0.1, 0.15) is 6.33 Å². The van der Waals surface area contributed by atoms with Crippen LogP contribution in [0, 0.1) is 0 Å². The number of hydrogen-bond acceptors (Lipinski definition) is 8. The highest BCUT2D eigenvalue weighted by molar-refractivity contribution is 6.37. The normalized spacial score (nSPS) is 17.9. The minimum atomic E-state index is 0.148. The molecule has 0 bridgehead atoms. The van der Waals surface area contributed by atoms with Crippen LogP contribution in [0.25, 0.3) is 27.7 Å². The summed E-state index contributed by atoms with van der Waals surface area (Å²) in [6, 6.07) is 11.8. The molecular formula is C26H26ClN9O. The molecule has 1 aliphatic heterocycles. The molecule has 1 N–H and O–H groups in total. The number of anilines is 3. The monoisotopic (exact) mass is 515 g/mol. The van der Waals surface area contributed by atoms with Gasteiger partial charge in [-0.25, -0.2) is 14.6 Å². The molecule has 6 rings (SSSR count). The van der Waals surface area contributed by atoms with Gasteiger partial charge in [-0.3, -0.25) is 4.68 Å². The topological polar surface area (TPSA) is 98.8 Å². The fraction of sp³-hybridized carbons (Fsp3) is 0.269. The third kappa shape index (κ3) is 4.73. The van der Waals surface area contributed by atoms with Gasteiger partial charge in [-0.1, -0.05) is 23.7 Å². The number of aryl methyl sites for hydroxylation is 1. The summed E-state index contributed by atoms with van der Waals surface area (Å²) in [6.07, 6.45) is 7.51. The van der Waals surface area contributed by atoms with Crippen molar-refractivity contribution in [2.75, 3.05) is 23.3 Å². The fourth-order valence-electron chi connectivity index (χ4n) is 4.60. The summed E-state index contributed by atoms with van der Waals surface area (Å²) < 4.78 is 9.34. The zero-order valence-electron chi connectivity index (χ0n) is 20.7. The van der Waals surface area contributed by atoms with Crippen molar-refractivity contribution < 1.29 is 4.74 Å². The average molecular weight is 516 g/mol. The lowest BCUT2D eigenvalue weighted by atomic mass is 10.1. The highest BCUT2D eigenvalue weighted by atomic mass is 35.5. The average Bonchev–Trinajstić information content (AvgIpc) is 3.54. The molecule has 0 spiro atoms. The largest absolute Gasteiger partial charge is 0.372 e. The Bertz CT molecular complexity index is 1550. The Hall–Kier alpha value is -4.02.